The first kappa shape index (κ1) is 25.9. The quantitative estimate of drug-likeness (QED) is 0.380. The van der Waals surface area contributed by atoms with Crippen LogP contribution in [0.1, 0.15) is 45.4 Å². The molecule has 2 atom stereocenters. The Kier molecular flexibility index (Phi) is 9.21. The van der Waals surface area contributed by atoms with E-state index >= 15 is 0 Å². The number of rotatable bonds is 12. The van der Waals surface area contributed by atoms with E-state index in [1.165, 1.54) is 6.07 Å². The Labute approximate surface area is 201 Å². The zero-order chi connectivity index (χ0) is 24.7. The molecule has 0 amide bonds. The Balaban J connectivity index is 1.98. The van der Waals surface area contributed by atoms with E-state index in [9.17, 15) is 9.50 Å². The monoisotopic (exact) mass is 469 g/mol. The van der Waals surface area contributed by atoms with Crippen molar-refractivity contribution in [2.45, 2.75) is 65.8 Å². The molecule has 0 spiro atoms. The van der Waals surface area contributed by atoms with Crippen LogP contribution in [0.2, 0.25) is 0 Å². The van der Waals surface area contributed by atoms with Crippen molar-refractivity contribution in [3.05, 3.63) is 71.7 Å². The summed E-state index contributed by atoms with van der Waals surface area (Å²) in [6.45, 7) is 11.3. The number of aliphatic hydroxyl groups is 1. The smallest absolute Gasteiger partial charge is 0.227 e. The maximum absolute atomic E-state index is 14.5. The van der Waals surface area contributed by atoms with Crippen LogP contribution < -0.4 is 4.74 Å². The van der Waals surface area contributed by atoms with E-state index in [0.717, 1.165) is 23.4 Å². The summed E-state index contributed by atoms with van der Waals surface area (Å²) >= 11 is 0. The van der Waals surface area contributed by atoms with Crippen LogP contribution in [0.25, 0.3) is 5.69 Å². The van der Waals surface area contributed by atoms with Gasteiger partial charge in [0.1, 0.15) is 0 Å². The largest absolute Gasteiger partial charge is 0.435 e. The van der Waals surface area contributed by atoms with E-state index in [4.69, 9.17) is 14.6 Å². The third-order valence-electron chi connectivity index (χ3n) is 5.82. The molecule has 1 heterocycles. The highest BCUT2D eigenvalue weighted by Crippen LogP contribution is 2.33. The number of halogens is 1. The lowest BCUT2D eigenvalue weighted by molar-refractivity contribution is -0.0150. The summed E-state index contributed by atoms with van der Waals surface area (Å²) in [6, 6.07) is 16.2. The van der Waals surface area contributed by atoms with E-state index < -0.39 is 11.9 Å². The number of nitrogens with zero attached hydrogens (tertiary/aromatic N) is 3. The fourth-order valence-electron chi connectivity index (χ4n) is 3.69. The fourth-order valence-corrected chi connectivity index (χ4v) is 3.69. The van der Waals surface area contributed by atoms with Gasteiger partial charge >= 0.3 is 0 Å². The van der Waals surface area contributed by atoms with Crippen molar-refractivity contribution in [3.8, 4) is 17.3 Å². The van der Waals surface area contributed by atoms with Crippen molar-refractivity contribution in [1.82, 2.24) is 14.7 Å². The molecule has 6 nitrogen and oxygen atoms in total. The number of ether oxygens (including phenoxy) is 2. The zero-order valence-corrected chi connectivity index (χ0v) is 20.7. The van der Waals surface area contributed by atoms with Gasteiger partial charge in [0.2, 0.25) is 5.88 Å². The maximum atomic E-state index is 14.5. The summed E-state index contributed by atoms with van der Waals surface area (Å²) < 4.78 is 28.0. The molecule has 0 bridgehead atoms. The van der Waals surface area contributed by atoms with Gasteiger partial charge in [-0.3, -0.25) is 4.90 Å². The van der Waals surface area contributed by atoms with Crippen molar-refractivity contribution < 1.29 is 19.0 Å². The first-order valence-electron chi connectivity index (χ1n) is 11.9. The molecule has 0 aliphatic carbocycles. The van der Waals surface area contributed by atoms with Gasteiger partial charge in [0, 0.05) is 19.1 Å². The average Bonchev–Trinajstić information content (AvgIpc) is 3.13. The van der Waals surface area contributed by atoms with Crippen molar-refractivity contribution in [1.29, 1.82) is 0 Å². The Hall–Kier alpha value is -2.74. The molecule has 1 aromatic heterocycles. The number of aromatic nitrogens is 2. The summed E-state index contributed by atoms with van der Waals surface area (Å²) in [5.74, 6) is 0.170. The lowest BCUT2D eigenvalue weighted by atomic mass is 10.1. The molecule has 7 heteroatoms. The summed E-state index contributed by atoms with van der Waals surface area (Å²) in [5, 5.41) is 15.4. The molecule has 0 aliphatic heterocycles. The molecular weight excluding hydrogens is 433 g/mol. The van der Waals surface area contributed by atoms with Crippen LogP contribution in [-0.4, -0.2) is 51.2 Å². The van der Waals surface area contributed by atoms with Crippen molar-refractivity contribution in [2.24, 2.45) is 0 Å². The van der Waals surface area contributed by atoms with Crippen LogP contribution in [0.5, 0.6) is 11.6 Å². The Morgan fingerprint density at radius 1 is 1.06 bits per heavy atom. The van der Waals surface area contributed by atoms with E-state index in [1.807, 2.05) is 51.1 Å². The summed E-state index contributed by atoms with van der Waals surface area (Å²) in [6.07, 6.45) is 0.336. The summed E-state index contributed by atoms with van der Waals surface area (Å²) in [4.78, 5) is 2.20. The second-order valence-corrected chi connectivity index (χ2v) is 8.87. The van der Waals surface area contributed by atoms with Gasteiger partial charge in [0.15, 0.2) is 11.6 Å². The normalized spacial score (nSPS) is 13.4. The molecule has 0 fully saturated rings. The topological polar surface area (TPSA) is 59.8 Å². The van der Waals surface area contributed by atoms with Gasteiger partial charge in [-0.25, -0.2) is 9.07 Å². The molecular formula is C27H36FN3O3. The van der Waals surface area contributed by atoms with Gasteiger partial charge in [0.25, 0.3) is 0 Å². The molecule has 0 saturated carbocycles. The van der Waals surface area contributed by atoms with Crippen LogP contribution >= 0.6 is 0 Å². The minimum absolute atomic E-state index is 0.0545. The molecule has 184 valence electrons. The third kappa shape index (κ3) is 6.65. The second-order valence-electron chi connectivity index (χ2n) is 8.87. The van der Waals surface area contributed by atoms with Crippen LogP contribution in [-0.2, 0) is 11.3 Å². The molecule has 3 aromatic rings. The van der Waals surface area contributed by atoms with Crippen LogP contribution in [0.3, 0.4) is 0 Å². The van der Waals surface area contributed by atoms with Gasteiger partial charge in [-0.1, -0.05) is 37.3 Å². The number of aryl methyl sites for hydroxylation is 1. The minimum Gasteiger partial charge on any atom is -0.435 e. The number of hydrogen-bond donors (Lipinski definition) is 1. The van der Waals surface area contributed by atoms with Crippen molar-refractivity contribution >= 4 is 0 Å². The molecule has 0 radical (unpaired) electrons. The van der Waals surface area contributed by atoms with E-state index in [2.05, 4.69) is 18.7 Å². The van der Waals surface area contributed by atoms with Crippen LogP contribution in [0, 0.1) is 12.7 Å². The van der Waals surface area contributed by atoms with Gasteiger partial charge < -0.3 is 14.6 Å². The van der Waals surface area contributed by atoms with Crippen LogP contribution in [0.15, 0.2) is 54.6 Å². The molecule has 0 aliphatic rings. The third-order valence-corrected chi connectivity index (χ3v) is 5.82. The number of aliphatic hydroxyl groups excluding tert-OH is 1. The average molecular weight is 470 g/mol. The Morgan fingerprint density at radius 3 is 2.38 bits per heavy atom. The van der Waals surface area contributed by atoms with Gasteiger partial charge in [-0.05, 0) is 58.4 Å². The standard InChI is InChI=1S/C27H36FN3O3/c1-6-20(4)30(16-23(32)18-33-19(2)3)17-24-21(5)29-31(22-12-8-7-9-13-22)27(24)34-26-15-11-10-14-25(26)28/h7-15,19-20,23,32H,6,16-18H2,1-5H3/t20-,23-/m1/s1. The lowest BCUT2D eigenvalue weighted by Gasteiger charge is -2.30. The predicted octanol–water partition coefficient (Wildman–Crippen LogP) is 5.50. The summed E-state index contributed by atoms with van der Waals surface area (Å²) in [5.41, 5.74) is 2.46. The van der Waals surface area contributed by atoms with E-state index in [-0.39, 0.29) is 24.5 Å². The van der Waals surface area contributed by atoms with Gasteiger partial charge in [0.05, 0.1) is 35.8 Å². The van der Waals surface area contributed by atoms with E-state index in [1.54, 1.807) is 22.9 Å². The molecule has 1 N–H and O–H groups in total. The predicted molar refractivity (Wildman–Crippen MR) is 132 cm³/mol. The minimum atomic E-state index is -0.628. The van der Waals surface area contributed by atoms with Crippen LogP contribution in [0.4, 0.5) is 4.39 Å². The zero-order valence-electron chi connectivity index (χ0n) is 20.7. The number of para-hydroxylation sites is 2. The highest BCUT2D eigenvalue weighted by atomic mass is 19.1. The van der Waals surface area contributed by atoms with Gasteiger partial charge in [-0.2, -0.15) is 5.10 Å². The first-order valence-corrected chi connectivity index (χ1v) is 11.9. The maximum Gasteiger partial charge on any atom is 0.227 e. The first-order chi connectivity index (χ1) is 16.3. The highest BCUT2D eigenvalue weighted by Gasteiger charge is 2.25. The van der Waals surface area contributed by atoms with Gasteiger partial charge in [-0.15, -0.1) is 0 Å². The molecule has 2 aromatic carbocycles. The SMILES string of the molecule is CC[C@@H](C)N(Cc1c(C)nn(-c2ccccc2)c1Oc1ccccc1F)C[C@@H](O)COC(C)C. The highest BCUT2D eigenvalue weighted by molar-refractivity contribution is 5.43. The van der Waals surface area contributed by atoms with Crippen molar-refractivity contribution in [2.75, 3.05) is 13.2 Å². The fraction of sp³-hybridized carbons (Fsp3) is 0.444. The number of benzene rings is 2. The van der Waals surface area contributed by atoms with E-state index in [0.29, 0.717) is 19.0 Å². The Bertz CT molecular complexity index is 1040. The Morgan fingerprint density at radius 2 is 1.74 bits per heavy atom. The molecule has 3 rings (SSSR count). The molecule has 0 saturated heterocycles. The molecule has 34 heavy (non-hydrogen) atoms. The number of hydrogen-bond acceptors (Lipinski definition) is 5. The van der Waals surface area contributed by atoms with Crippen molar-refractivity contribution in [3.63, 3.8) is 0 Å². The molecule has 0 unspecified atom stereocenters. The lowest BCUT2D eigenvalue weighted by Crippen LogP contribution is -2.40. The second kappa shape index (κ2) is 12.1. The summed E-state index contributed by atoms with van der Waals surface area (Å²) in [7, 11) is 0.